The second-order valence-corrected chi connectivity index (χ2v) is 6.50. The fourth-order valence-corrected chi connectivity index (χ4v) is 2.79. The summed E-state index contributed by atoms with van der Waals surface area (Å²) in [5.74, 6) is -0.0296. The smallest absolute Gasteiger partial charge is 0.274 e. The Kier molecular flexibility index (Phi) is 5.89. The Bertz CT molecular complexity index is 747. The number of pyridine rings is 1. The van der Waals surface area contributed by atoms with Crippen molar-refractivity contribution in [3.63, 3.8) is 0 Å². The minimum atomic E-state index is -0.438. The van der Waals surface area contributed by atoms with Crippen molar-refractivity contribution in [3.05, 3.63) is 29.0 Å². The molecule has 6 heteroatoms. The van der Waals surface area contributed by atoms with Crippen LogP contribution in [0.4, 0.5) is 0 Å². The van der Waals surface area contributed by atoms with Gasteiger partial charge in [0.1, 0.15) is 10.9 Å². The average molecular weight is 351 g/mol. The number of hydrogen-bond donors (Lipinski definition) is 2. The normalized spacial score (nSPS) is 12.4. The highest BCUT2D eigenvalue weighted by molar-refractivity contribution is 6.35. The molecule has 1 atom stereocenters. The SMILES string of the molecule is CCC[C@@H](C)NC(=O)c1nc(Cl)c2ccc(OC(C)C)cc2c1O. The van der Waals surface area contributed by atoms with E-state index in [2.05, 4.69) is 10.3 Å². The number of nitrogens with zero attached hydrogens (tertiary/aromatic N) is 1. The minimum Gasteiger partial charge on any atom is -0.505 e. The van der Waals surface area contributed by atoms with E-state index < -0.39 is 5.91 Å². The first-order valence-electron chi connectivity index (χ1n) is 8.13. The maximum atomic E-state index is 12.4. The van der Waals surface area contributed by atoms with E-state index >= 15 is 0 Å². The van der Waals surface area contributed by atoms with E-state index in [-0.39, 0.29) is 28.7 Å². The second-order valence-electron chi connectivity index (χ2n) is 6.14. The molecule has 0 fully saturated rings. The number of hydrogen-bond acceptors (Lipinski definition) is 4. The van der Waals surface area contributed by atoms with Gasteiger partial charge in [0, 0.05) is 16.8 Å². The molecule has 2 aromatic rings. The number of rotatable bonds is 6. The van der Waals surface area contributed by atoms with Crippen LogP contribution in [0.15, 0.2) is 18.2 Å². The number of aromatic nitrogens is 1. The van der Waals surface area contributed by atoms with Crippen LogP contribution in [0.2, 0.25) is 5.15 Å². The molecule has 2 N–H and O–H groups in total. The molecule has 0 saturated carbocycles. The van der Waals surface area contributed by atoms with Crippen LogP contribution < -0.4 is 10.1 Å². The summed E-state index contributed by atoms with van der Waals surface area (Å²) in [7, 11) is 0. The lowest BCUT2D eigenvalue weighted by atomic mass is 10.1. The summed E-state index contributed by atoms with van der Waals surface area (Å²) in [6.07, 6.45) is 1.80. The Morgan fingerprint density at radius 1 is 1.33 bits per heavy atom. The van der Waals surface area contributed by atoms with Crippen molar-refractivity contribution in [3.8, 4) is 11.5 Å². The van der Waals surface area contributed by atoms with Crippen LogP contribution in [0.3, 0.4) is 0 Å². The summed E-state index contributed by atoms with van der Waals surface area (Å²) < 4.78 is 5.64. The lowest BCUT2D eigenvalue weighted by Crippen LogP contribution is -2.33. The Morgan fingerprint density at radius 2 is 2.04 bits per heavy atom. The van der Waals surface area contributed by atoms with Crippen LogP contribution in [0.25, 0.3) is 10.8 Å². The second kappa shape index (κ2) is 7.71. The number of carbonyl (C=O) groups is 1. The van der Waals surface area contributed by atoms with Gasteiger partial charge < -0.3 is 15.2 Å². The van der Waals surface area contributed by atoms with E-state index in [1.165, 1.54) is 0 Å². The van der Waals surface area contributed by atoms with Crippen LogP contribution >= 0.6 is 11.6 Å². The summed E-state index contributed by atoms with van der Waals surface area (Å²) in [5.41, 5.74) is -0.0721. The zero-order chi connectivity index (χ0) is 17.9. The van der Waals surface area contributed by atoms with Gasteiger partial charge in [-0.15, -0.1) is 0 Å². The minimum absolute atomic E-state index is 0.000403. The Hall–Kier alpha value is -2.01. The number of benzene rings is 1. The summed E-state index contributed by atoms with van der Waals surface area (Å²) in [4.78, 5) is 16.5. The lowest BCUT2D eigenvalue weighted by Gasteiger charge is -2.15. The summed E-state index contributed by atoms with van der Waals surface area (Å²) in [6, 6.07) is 5.15. The number of ether oxygens (including phenoxy) is 1. The molecule has 1 aromatic carbocycles. The van der Waals surface area contributed by atoms with Crippen LogP contribution in [-0.2, 0) is 0 Å². The third-order valence-electron chi connectivity index (χ3n) is 3.59. The van der Waals surface area contributed by atoms with Gasteiger partial charge in [0.2, 0.25) is 0 Å². The molecule has 0 unspecified atom stereocenters. The first-order chi connectivity index (χ1) is 11.3. The average Bonchev–Trinajstić information content (AvgIpc) is 2.50. The van der Waals surface area contributed by atoms with Gasteiger partial charge in [0.15, 0.2) is 11.4 Å². The van der Waals surface area contributed by atoms with E-state index in [1.54, 1.807) is 18.2 Å². The number of fused-ring (bicyclic) bond motifs is 1. The molecule has 0 aliphatic heterocycles. The Morgan fingerprint density at radius 3 is 2.67 bits per heavy atom. The number of nitrogens with one attached hydrogen (secondary N) is 1. The first kappa shape index (κ1) is 18.3. The highest BCUT2D eigenvalue weighted by Crippen LogP contribution is 2.34. The number of halogens is 1. The molecule has 2 rings (SSSR count). The van der Waals surface area contributed by atoms with E-state index in [9.17, 15) is 9.90 Å². The fourth-order valence-electron chi connectivity index (χ4n) is 2.54. The first-order valence-corrected chi connectivity index (χ1v) is 8.51. The molecule has 0 aliphatic carbocycles. The zero-order valence-electron chi connectivity index (χ0n) is 14.4. The number of carbonyl (C=O) groups excluding carboxylic acids is 1. The van der Waals surface area contributed by atoms with Crippen molar-refractivity contribution in [1.29, 1.82) is 0 Å². The van der Waals surface area contributed by atoms with Crippen LogP contribution in [0.1, 0.15) is 51.0 Å². The highest BCUT2D eigenvalue weighted by atomic mass is 35.5. The fraction of sp³-hybridized carbons (Fsp3) is 0.444. The zero-order valence-corrected chi connectivity index (χ0v) is 15.1. The molecular weight excluding hydrogens is 328 g/mol. The molecule has 1 amide bonds. The van der Waals surface area contributed by atoms with Gasteiger partial charge in [-0.1, -0.05) is 24.9 Å². The highest BCUT2D eigenvalue weighted by Gasteiger charge is 2.20. The molecule has 1 aromatic heterocycles. The monoisotopic (exact) mass is 350 g/mol. The molecular formula is C18H23ClN2O3. The molecule has 0 saturated heterocycles. The predicted octanol–water partition coefficient (Wildman–Crippen LogP) is 4.30. The summed E-state index contributed by atoms with van der Waals surface area (Å²) in [6.45, 7) is 7.78. The van der Waals surface area contributed by atoms with Gasteiger partial charge in [-0.05, 0) is 45.4 Å². The molecule has 0 spiro atoms. The van der Waals surface area contributed by atoms with Gasteiger partial charge >= 0.3 is 0 Å². The van der Waals surface area contributed by atoms with Gasteiger partial charge in [-0.3, -0.25) is 4.79 Å². The van der Waals surface area contributed by atoms with E-state index in [4.69, 9.17) is 16.3 Å². The third-order valence-corrected chi connectivity index (χ3v) is 3.88. The molecule has 130 valence electrons. The largest absolute Gasteiger partial charge is 0.505 e. The topological polar surface area (TPSA) is 71.5 Å². The van der Waals surface area contributed by atoms with Crippen molar-refractivity contribution >= 4 is 28.3 Å². The Labute approximate surface area is 147 Å². The maximum Gasteiger partial charge on any atom is 0.274 e. The van der Waals surface area contributed by atoms with E-state index in [0.717, 1.165) is 12.8 Å². The summed E-state index contributed by atoms with van der Waals surface area (Å²) >= 11 is 6.19. The van der Waals surface area contributed by atoms with Crippen molar-refractivity contribution in [2.75, 3.05) is 0 Å². The molecule has 0 aliphatic rings. The van der Waals surface area contributed by atoms with Gasteiger partial charge in [0.25, 0.3) is 5.91 Å². The van der Waals surface area contributed by atoms with Crippen LogP contribution in [0, 0.1) is 0 Å². The molecule has 24 heavy (non-hydrogen) atoms. The predicted molar refractivity (Wildman–Crippen MR) is 96.0 cm³/mol. The number of amides is 1. The maximum absolute atomic E-state index is 12.4. The Balaban J connectivity index is 2.44. The summed E-state index contributed by atoms with van der Waals surface area (Å²) in [5, 5.41) is 14.5. The van der Waals surface area contributed by atoms with E-state index in [1.807, 2.05) is 27.7 Å². The van der Waals surface area contributed by atoms with Gasteiger partial charge in [-0.2, -0.15) is 0 Å². The van der Waals surface area contributed by atoms with Gasteiger partial charge in [-0.25, -0.2) is 4.98 Å². The molecule has 0 bridgehead atoms. The third kappa shape index (κ3) is 4.09. The molecule has 1 heterocycles. The van der Waals surface area contributed by atoms with Crippen LogP contribution in [0.5, 0.6) is 11.5 Å². The molecule has 5 nitrogen and oxygen atoms in total. The van der Waals surface area contributed by atoms with Gasteiger partial charge in [0.05, 0.1) is 6.10 Å². The number of aromatic hydroxyl groups is 1. The quantitative estimate of drug-likeness (QED) is 0.762. The van der Waals surface area contributed by atoms with Crippen molar-refractivity contribution in [1.82, 2.24) is 10.3 Å². The van der Waals surface area contributed by atoms with Crippen molar-refractivity contribution in [2.24, 2.45) is 0 Å². The standard InChI is InChI=1S/C18H23ClN2O3/c1-5-6-11(4)20-18(23)15-16(22)14-9-12(24-10(2)3)7-8-13(14)17(19)21-15/h7-11,22H,5-6H2,1-4H3,(H,20,23)/t11-/m1/s1. The van der Waals surface area contributed by atoms with Crippen molar-refractivity contribution in [2.45, 2.75) is 52.7 Å². The van der Waals surface area contributed by atoms with Crippen LogP contribution in [-0.4, -0.2) is 28.1 Å². The van der Waals surface area contributed by atoms with Crippen molar-refractivity contribution < 1.29 is 14.6 Å². The molecule has 0 radical (unpaired) electrons. The van der Waals surface area contributed by atoms with E-state index in [0.29, 0.717) is 16.5 Å². The lowest BCUT2D eigenvalue weighted by molar-refractivity contribution is 0.0930.